The van der Waals surface area contributed by atoms with Crippen molar-refractivity contribution in [3.8, 4) is 0 Å². The highest BCUT2D eigenvalue weighted by molar-refractivity contribution is 7.89. The van der Waals surface area contributed by atoms with Crippen molar-refractivity contribution in [2.24, 2.45) is 0 Å². The van der Waals surface area contributed by atoms with Crippen LogP contribution < -0.4 is 0 Å². The fourth-order valence-electron chi connectivity index (χ4n) is 3.33. The van der Waals surface area contributed by atoms with Gasteiger partial charge in [0.1, 0.15) is 0 Å². The van der Waals surface area contributed by atoms with Gasteiger partial charge in [0.2, 0.25) is 10.0 Å². The van der Waals surface area contributed by atoms with Crippen LogP contribution in [0.5, 0.6) is 0 Å². The van der Waals surface area contributed by atoms with E-state index in [0.29, 0.717) is 18.7 Å². The van der Waals surface area contributed by atoms with Crippen molar-refractivity contribution >= 4 is 21.8 Å². The van der Waals surface area contributed by atoms with Crippen molar-refractivity contribution in [1.29, 1.82) is 0 Å². The number of ether oxygens (including phenoxy) is 1. The van der Waals surface area contributed by atoms with Crippen molar-refractivity contribution in [2.75, 3.05) is 19.7 Å². The van der Waals surface area contributed by atoms with Crippen LogP contribution in [0.3, 0.4) is 0 Å². The number of nitrogens with zero attached hydrogens (tertiary/aromatic N) is 1. The Bertz CT molecular complexity index is 948. The summed E-state index contributed by atoms with van der Waals surface area (Å²) in [4.78, 5) is 24.5. The summed E-state index contributed by atoms with van der Waals surface area (Å²) < 4.78 is 31.6. The first-order valence-electron chi connectivity index (χ1n) is 9.72. The Morgan fingerprint density at radius 1 is 1.00 bits per heavy atom. The predicted molar refractivity (Wildman–Crippen MR) is 109 cm³/mol. The lowest BCUT2D eigenvalue weighted by atomic mass is 9.98. The molecule has 0 unspecified atom stereocenters. The van der Waals surface area contributed by atoms with E-state index in [9.17, 15) is 18.0 Å². The molecule has 0 aromatic heterocycles. The van der Waals surface area contributed by atoms with Crippen LogP contribution in [0.25, 0.3) is 0 Å². The summed E-state index contributed by atoms with van der Waals surface area (Å²) in [5.41, 5.74) is 1.35. The molecule has 1 fully saturated rings. The summed E-state index contributed by atoms with van der Waals surface area (Å²) in [6, 6.07) is 15.4. The van der Waals surface area contributed by atoms with E-state index in [1.165, 1.54) is 28.6 Å². The lowest BCUT2D eigenvalue weighted by Gasteiger charge is -2.15. The minimum Gasteiger partial charge on any atom is -0.457 e. The van der Waals surface area contributed by atoms with E-state index in [1.54, 1.807) is 0 Å². The van der Waals surface area contributed by atoms with Crippen molar-refractivity contribution in [3.63, 3.8) is 0 Å². The van der Waals surface area contributed by atoms with Gasteiger partial charge >= 0.3 is 5.97 Å². The fourth-order valence-corrected chi connectivity index (χ4v) is 4.85. The quantitative estimate of drug-likeness (QED) is 0.488. The fraction of sp³-hybridized carbons (Fsp3) is 0.364. The molecule has 1 atom stereocenters. The molecule has 1 aliphatic heterocycles. The molecule has 29 heavy (non-hydrogen) atoms. The number of benzene rings is 2. The van der Waals surface area contributed by atoms with Crippen LogP contribution in [0.2, 0.25) is 0 Å². The standard InChI is InChI=1S/C22H25NO5S/c1-17(18-7-3-2-4-8-18)15-22(25)28-16-21(24)19-9-11-20(12-10-19)29(26,27)23-13-5-6-14-23/h2-4,7-12,17H,5-6,13-16H2,1H3/t17-/m0/s1. The van der Waals surface area contributed by atoms with E-state index in [1.807, 2.05) is 37.3 Å². The predicted octanol–water partition coefficient (Wildman–Crippen LogP) is 3.39. The zero-order valence-corrected chi connectivity index (χ0v) is 17.2. The second kappa shape index (κ2) is 9.33. The van der Waals surface area contributed by atoms with Gasteiger partial charge in [-0.25, -0.2) is 8.42 Å². The van der Waals surface area contributed by atoms with Gasteiger partial charge in [-0.05, 0) is 48.6 Å². The zero-order chi connectivity index (χ0) is 20.9. The van der Waals surface area contributed by atoms with Gasteiger partial charge < -0.3 is 4.74 Å². The van der Waals surface area contributed by atoms with E-state index in [0.717, 1.165) is 18.4 Å². The minimum atomic E-state index is -3.51. The second-order valence-corrected chi connectivity index (χ2v) is 9.17. The molecule has 0 radical (unpaired) electrons. The number of Topliss-reactive ketones (excluding diaryl/α,β-unsaturated/α-hetero) is 1. The van der Waals surface area contributed by atoms with Crippen LogP contribution in [0, 0.1) is 0 Å². The van der Waals surface area contributed by atoms with E-state index < -0.39 is 16.0 Å². The van der Waals surface area contributed by atoms with Crippen LogP contribution >= 0.6 is 0 Å². The lowest BCUT2D eigenvalue weighted by Crippen LogP contribution is -2.27. The number of sulfonamides is 1. The van der Waals surface area contributed by atoms with Crippen LogP contribution in [0.1, 0.15) is 48.0 Å². The second-order valence-electron chi connectivity index (χ2n) is 7.24. The Hall–Kier alpha value is -2.51. The molecule has 0 N–H and O–H groups in total. The smallest absolute Gasteiger partial charge is 0.306 e. The monoisotopic (exact) mass is 415 g/mol. The number of carbonyl (C=O) groups excluding carboxylic acids is 2. The molecule has 0 spiro atoms. The molecule has 0 aliphatic carbocycles. The first kappa shape index (κ1) is 21.2. The zero-order valence-electron chi connectivity index (χ0n) is 16.4. The van der Waals surface area contributed by atoms with E-state index in [2.05, 4.69) is 0 Å². The van der Waals surface area contributed by atoms with Crippen molar-refractivity contribution in [3.05, 3.63) is 65.7 Å². The Kier molecular flexibility index (Phi) is 6.82. The van der Waals surface area contributed by atoms with Crippen LogP contribution in [-0.4, -0.2) is 44.2 Å². The Morgan fingerprint density at radius 2 is 1.62 bits per heavy atom. The Labute approximate surface area is 171 Å². The Balaban J connectivity index is 1.53. The normalized spacial score (nSPS) is 15.8. The van der Waals surface area contributed by atoms with Gasteiger partial charge in [0.05, 0.1) is 11.3 Å². The molecule has 1 heterocycles. The average Bonchev–Trinajstić information content (AvgIpc) is 3.28. The molecule has 154 valence electrons. The van der Waals surface area contributed by atoms with E-state index >= 15 is 0 Å². The van der Waals surface area contributed by atoms with E-state index in [-0.39, 0.29) is 29.6 Å². The van der Waals surface area contributed by atoms with Gasteiger partial charge in [0.25, 0.3) is 0 Å². The van der Waals surface area contributed by atoms with Crippen LogP contribution in [0.15, 0.2) is 59.5 Å². The maximum Gasteiger partial charge on any atom is 0.306 e. The number of ketones is 1. The van der Waals surface area contributed by atoms with Gasteiger partial charge in [-0.3, -0.25) is 9.59 Å². The summed E-state index contributed by atoms with van der Waals surface area (Å²) in [5.74, 6) is -0.812. The molecule has 1 aliphatic rings. The topological polar surface area (TPSA) is 80.8 Å². The van der Waals surface area contributed by atoms with Gasteiger partial charge in [-0.15, -0.1) is 0 Å². The first-order valence-corrected chi connectivity index (χ1v) is 11.2. The highest BCUT2D eigenvalue weighted by Crippen LogP contribution is 2.22. The van der Waals surface area contributed by atoms with E-state index in [4.69, 9.17) is 4.74 Å². The number of esters is 1. The summed E-state index contributed by atoms with van der Waals surface area (Å²) in [6.07, 6.45) is 1.92. The SMILES string of the molecule is C[C@@H](CC(=O)OCC(=O)c1ccc(S(=O)(=O)N2CCCC2)cc1)c1ccccc1. The largest absolute Gasteiger partial charge is 0.457 e. The number of hydrogen-bond acceptors (Lipinski definition) is 5. The van der Waals surface area contributed by atoms with Crippen LogP contribution in [0.4, 0.5) is 0 Å². The molecule has 2 aromatic rings. The third-order valence-electron chi connectivity index (χ3n) is 5.08. The highest BCUT2D eigenvalue weighted by atomic mass is 32.2. The van der Waals surface area contributed by atoms with Gasteiger partial charge in [0.15, 0.2) is 12.4 Å². The molecular formula is C22H25NO5S. The van der Waals surface area contributed by atoms with Crippen molar-refractivity contribution < 1.29 is 22.7 Å². The van der Waals surface area contributed by atoms with Gasteiger partial charge in [0, 0.05) is 18.7 Å². The first-order chi connectivity index (χ1) is 13.9. The van der Waals surface area contributed by atoms with Gasteiger partial charge in [-0.1, -0.05) is 37.3 Å². The molecule has 2 aromatic carbocycles. The number of rotatable bonds is 8. The molecule has 0 saturated carbocycles. The van der Waals surface area contributed by atoms with Gasteiger partial charge in [-0.2, -0.15) is 4.31 Å². The van der Waals surface area contributed by atoms with Crippen molar-refractivity contribution in [2.45, 2.75) is 37.0 Å². The summed E-state index contributed by atoms with van der Waals surface area (Å²) in [6.45, 7) is 2.62. The van der Waals surface area contributed by atoms with Crippen molar-refractivity contribution in [1.82, 2.24) is 4.31 Å². The lowest BCUT2D eigenvalue weighted by molar-refractivity contribution is -0.142. The Morgan fingerprint density at radius 3 is 2.24 bits per heavy atom. The summed E-state index contributed by atoms with van der Waals surface area (Å²) in [5, 5.41) is 0. The summed E-state index contributed by atoms with van der Waals surface area (Å²) in [7, 11) is -3.51. The molecule has 1 saturated heterocycles. The number of hydrogen-bond donors (Lipinski definition) is 0. The third kappa shape index (κ3) is 5.31. The molecular weight excluding hydrogens is 390 g/mol. The maximum atomic E-state index is 12.5. The molecule has 0 bridgehead atoms. The molecule has 0 amide bonds. The maximum absolute atomic E-state index is 12.5. The molecule has 6 nitrogen and oxygen atoms in total. The minimum absolute atomic E-state index is 0.00567. The third-order valence-corrected chi connectivity index (χ3v) is 7.00. The van der Waals surface area contributed by atoms with Crippen LogP contribution in [-0.2, 0) is 19.6 Å². The molecule has 7 heteroatoms. The molecule has 3 rings (SSSR count). The average molecular weight is 416 g/mol. The number of carbonyl (C=O) groups is 2. The summed E-state index contributed by atoms with van der Waals surface area (Å²) >= 11 is 0. The highest BCUT2D eigenvalue weighted by Gasteiger charge is 2.27.